The van der Waals surface area contributed by atoms with Crippen molar-refractivity contribution in [3.8, 4) is 0 Å². The standard InChI is InChI=1S/C13H22N2S/c1-9(12-10(2)15-11(3)16-12)14-8-13(4)6-5-7-13/h9,14H,5-8H2,1-4H3. The van der Waals surface area contributed by atoms with Crippen LogP contribution in [-0.2, 0) is 0 Å². The zero-order valence-electron chi connectivity index (χ0n) is 10.8. The molecule has 2 rings (SSSR count). The monoisotopic (exact) mass is 238 g/mol. The Hall–Kier alpha value is -0.410. The van der Waals surface area contributed by atoms with Crippen molar-refractivity contribution in [3.05, 3.63) is 15.6 Å². The van der Waals surface area contributed by atoms with Gasteiger partial charge in [0.25, 0.3) is 0 Å². The van der Waals surface area contributed by atoms with Gasteiger partial charge in [-0.15, -0.1) is 11.3 Å². The predicted octanol–water partition coefficient (Wildman–Crippen LogP) is 3.60. The average Bonchev–Trinajstić information content (AvgIpc) is 2.51. The van der Waals surface area contributed by atoms with Crippen LogP contribution in [-0.4, -0.2) is 11.5 Å². The molecule has 0 spiro atoms. The zero-order chi connectivity index (χ0) is 11.8. The molecule has 0 amide bonds. The molecule has 1 heterocycles. The van der Waals surface area contributed by atoms with Gasteiger partial charge in [-0.2, -0.15) is 0 Å². The van der Waals surface area contributed by atoms with E-state index in [0.717, 1.165) is 6.54 Å². The Morgan fingerprint density at radius 1 is 1.44 bits per heavy atom. The summed E-state index contributed by atoms with van der Waals surface area (Å²) in [6.45, 7) is 9.98. The first-order valence-electron chi connectivity index (χ1n) is 6.17. The Labute approximate surface area is 102 Å². The van der Waals surface area contributed by atoms with Crippen LogP contribution in [0.25, 0.3) is 0 Å². The number of aryl methyl sites for hydroxylation is 2. The average molecular weight is 238 g/mol. The summed E-state index contributed by atoms with van der Waals surface area (Å²) in [6, 6.07) is 0.448. The van der Waals surface area contributed by atoms with Crippen molar-refractivity contribution in [3.63, 3.8) is 0 Å². The Kier molecular flexibility index (Phi) is 3.36. The first kappa shape index (κ1) is 12.1. The molecule has 0 aromatic carbocycles. The van der Waals surface area contributed by atoms with Crippen LogP contribution in [0, 0.1) is 19.3 Å². The summed E-state index contributed by atoms with van der Waals surface area (Å²) >= 11 is 1.83. The molecule has 1 aliphatic carbocycles. The van der Waals surface area contributed by atoms with Gasteiger partial charge in [0.1, 0.15) is 0 Å². The van der Waals surface area contributed by atoms with Crippen molar-refractivity contribution in [2.24, 2.45) is 5.41 Å². The van der Waals surface area contributed by atoms with Gasteiger partial charge in [0.15, 0.2) is 0 Å². The molecular formula is C13H22N2S. The molecule has 1 unspecified atom stereocenters. The highest BCUT2D eigenvalue weighted by Crippen LogP contribution is 2.40. The molecule has 2 nitrogen and oxygen atoms in total. The minimum atomic E-state index is 0.448. The molecule has 3 heteroatoms. The Bertz CT molecular complexity index is 366. The van der Waals surface area contributed by atoms with Gasteiger partial charge in [-0.1, -0.05) is 13.3 Å². The lowest BCUT2D eigenvalue weighted by Crippen LogP contribution is -2.38. The maximum atomic E-state index is 4.49. The van der Waals surface area contributed by atoms with E-state index in [2.05, 4.69) is 38.0 Å². The fourth-order valence-corrected chi connectivity index (χ4v) is 3.35. The molecule has 1 saturated carbocycles. The van der Waals surface area contributed by atoms with Crippen molar-refractivity contribution >= 4 is 11.3 Å². The topological polar surface area (TPSA) is 24.9 Å². The van der Waals surface area contributed by atoms with Gasteiger partial charge in [0, 0.05) is 17.5 Å². The molecule has 1 N–H and O–H groups in total. The number of nitrogens with one attached hydrogen (secondary N) is 1. The van der Waals surface area contributed by atoms with E-state index in [0.29, 0.717) is 11.5 Å². The first-order chi connectivity index (χ1) is 7.50. The van der Waals surface area contributed by atoms with Crippen molar-refractivity contribution in [1.29, 1.82) is 0 Å². The van der Waals surface area contributed by atoms with Crippen molar-refractivity contribution in [1.82, 2.24) is 10.3 Å². The van der Waals surface area contributed by atoms with E-state index in [1.54, 1.807) is 0 Å². The lowest BCUT2D eigenvalue weighted by atomic mass is 9.70. The van der Waals surface area contributed by atoms with E-state index in [4.69, 9.17) is 0 Å². The molecule has 1 aromatic heterocycles. The second-order valence-corrected chi connectivity index (χ2v) is 6.68. The maximum Gasteiger partial charge on any atom is 0.0900 e. The summed E-state index contributed by atoms with van der Waals surface area (Å²) in [5.41, 5.74) is 1.75. The van der Waals surface area contributed by atoms with Crippen LogP contribution < -0.4 is 5.32 Å². The highest BCUT2D eigenvalue weighted by Gasteiger charge is 2.31. The summed E-state index contributed by atoms with van der Waals surface area (Å²) in [5.74, 6) is 0. The molecule has 1 atom stereocenters. The van der Waals surface area contributed by atoms with Crippen LogP contribution in [0.15, 0.2) is 0 Å². The van der Waals surface area contributed by atoms with E-state index >= 15 is 0 Å². The molecule has 0 saturated heterocycles. The van der Waals surface area contributed by atoms with Gasteiger partial charge in [0.2, 0.25) is 0 Å². The number of thiazole rings is 1. The van der Waals surface area contributed by atoms with Crippen LogP contribution in [0.3, 0.4) is 0 Å². The van der Waals surface area contributed by atoms with Crippen LogP contribution in [0.1, 0.15) is 54.7 Å². The first-order valence-corrected chi connectivity index (χ1v) is 6.99. The third-order valence-corrected chi connectivity index (χ3v) is 4.98. The van der Waals surface area contributed by atoms with Gasteiger partial charge in [0.05, 0.1) is 10.7 Å². The van der Waals surface area contributed by atoms with Gasteiger partial charge in [-0.25, -0.2) is 4.98 Å². The van der Waals surface area contributed by atoms with Gasteiger partial charge in [-0.3, -0.25) is 0 Å². The van der Waals surface area contributed by atoms with Crippen LogP contribution in [0.5, 0.6) is 0 Å². The Morgan fingerprint density at radius 2 is 2.12 bits per heavy atom. The SMILES string of the molecule is Cc1nc(C)c(C(C)NCC2(C)CCC2)s1. The fourth-order valence-electron chi connectivity index (χ4n) is 2.40. The summed E-state index contributed by atoms with van der Waals surface area (Å²) in [4.78, 5) is 5.89. The van der Waals surface area contributed by atoms with Crippen LogP contribution in [0.4, 0.5) is 0 Å². The minimum Gasteiger partial charge on any atom is -0.309 e. The Balaban J connectivity index is 1.92. The zero-order valence-corrected chi connectivity index (χ0v) is 11.6. The number of aromatic nitrogens is 1. The highest BCUT2D eigenvalue weighted by atomic mass is 32.1. The fraction of sp³-hybridized carbons (Fsp3) is 0.769. The third-order valence-electron chi connectivity index (χ3n) is 3.73. The molecule has 0 bridgehead atoms. The number of rotatable bonds is 4. The van der Waals surface area contributed by atoms with Gasteiger partial charge < -0.3 is 5.32 Å². The van der Waals surface area contributed by atoms with Crippen LogP contribution in [0.2, 0.25) is 0 Å². The molecule has 90 valence electrons. The number of hydrogen-bond acceptors (Lipinski definition) is 3. The molecular weight excluding hydrogens is 216 g/mol. The summed E-state index contributed by atoms with van der Waals surface area (Å²) in [6.07, 6.45) is 4.17. The molecule has 1 aromatic rings. The lowest BCUT2D eigenvalue weighted by Gasteiger charge is -2.39. The minimum absolute atomic E-state index is 0.448. The van der Waals surface area contributed by atoms with Crippen molar-refractivity contribution in [2.45, 2.75) is 53.0 Å². The summed E-state index contributed by atoms with van der Waals surface area (Å²) < 4.78 is 0. The van der Waals surface area contributed by atoms with Crippen molar-refractivity contribution in [2.75, 3.05) is 6.54 Å². The molecule has 16 heavy (non-hydrogen) atoms. The highest BCUT2D eigenvalue weighted by molar-refractivity contribution is 7.11. The maximum absolute atomic E-state index is 4.49. The number of nitrogens with zero attached hydrogens (tertiary/aromatic N) is 1. The Morgan fingerprint density at radius 3 is 2.56 bits per heavy atom. The third kappa shape index (κ3) is 2.46. The van der Waals surface area contributed by atoms with E-state index in [1.807, 2.05) is 11.3 Å². The molecule has 1 aliphatic rings. The van der Waals surface area contributed by atoms with Crippen LogP contribution >= 0.6 is 11.3 Å². The lowest BCUT2D eigenvalue weighted by molar-refractivity contribution is 0.152. The predicted molar refractivity (Wildman–Crippen MR) is 70.0 cm³/mol. The van der Waals surface area contributed by atoms with E-state index in [9.17, 15) is 0 Å². The summed E-state index contributed by atoms with van der Waals surface area (Å²) in [5, 5.41) is 4.84. The second kappa shape index (κ2) is 4.46. The van der Waals surface area contributed by atoms with E-state index in [-0.39, 0.29) is 0 Å². The molecule has 0 radical (unpaired) electrons. The molecule has 1 fully saturated rings. The van der Waals surface area contributed by atoms with Gasteiger partial charge in [-0.05, 0) is 39.0 Å². The van der Waals surface area contributed by atoms with E-state index < -0.39 is 0 Å². The number of hydrogen-bond donors (Lipinski definition) is 1. The van der Waals surface area contributed by atoms with E-state index in [1.165, 1.54) is 34.8 Å². The normalized spacial score (nSPS) is 20.5. The second-order valence-electron chi connectivity index (χ2n) is 5.45. The largest absolute Gasteiger partial charge is 0.309 e. The smallest absolute Gasteiger partial charge is 0.0900 e. The van der Waals surface area contributed by atoms with Crippen molar-refractivity contribution < 1.29 is 0 Å². The van der Waals surface area contributed by atoms with Gasteiger partial charge >= 0.3 is 0 Å². The quantitative estimate of drug-likeness (QED) is 0.867. The molecule has 0 aliphatic heterocycles. The summed E-state index contributed by atoms with van der Waals surface area (Å²) in [7, 11) is 0.